The van der Waals surface area contributed by atoms with E-state index in [0.717, 1.165) is 0 Å². The predicted octanol–water partition coefficient (Wildman–Crippen LogP) is 5.02. The number of likely N-dealkylation sites (N-methyl/N-ethyl adjacent to an activating group) is 2. The number of ether oxygens (including phenoxy) is 4. The summed E-state index contributed by atoms with van der Waals surface area (Å²) in [7, 11) is 7.45. The number of fused-ring (bicyclic) bond motifs is 4. The van der Waals surface area contributed by atoms with Crippen molar-refractivity contribution in [2.24, 2.45) is 0 Å². The monoisotopic (exact) mass is 772 g/mol. The lowest BCUT2D eigenvalue weighted by molar-refractivity contribution is -0.201. The fourth-order valence-corrected chi connectivity index (χ4v) is 9.12. The number of aliphatic hydroxyl groups excluding tert-OH is 1. The van der Waals surface area contributed by atoms with E-state index in [0.29, 0.717) is 11.1 Å². The van der Waals surface area contributed by atoms with Crippen LogP contribution < -0.4 is 5.43 Å². The highest BCUT2D eigenvalue weighted by atomic mass is 16.6. The third-order valence-electron chi connectivity index (χ3n) is 12.6. The van der Waals surface area contributed by atoms with E-state index < -0.39 is 76.5 Å². The Bertz CT molecular complexity index is 2240. The van der Waals surface area contributed by atoms with Gasteiger partial charge >= 0.3 is 5.97 Å². The van der Waals surface area contributed by atoms with Crippen LogP contribution in [-0.2, 0) is 29.3 Å². The zero-order chi connectivity index (χ0) is 40.9. The molecule has 13 heteroatoms. The Morgan fingerprint density at radius 2 is 1.62 bits per heavy atom. The van der Waals surface area contributed by atoms with Gasteiger partial charge in [0.15, 0.2) is 16.8 Å². The maximum absolute atomic E-state index is 15.2. The summed E-state index contributed by atoms with van der Waals surface area (Å²) < 4.78 is 31.1. The highest BCUT2D eigenvalue weighted by Gasteiger charge is 2.55. The van der Waals surface area contributed by atoms with Gasteiger partial charge in [0.05, 0.1) is 52.6 Å². The molecule has 3 fully saturated rings. The van der Waals surface area contributed by atoms with Crippen molar-refractivity contribution >= 4 is 28.5 Å². The molecule has 0 saturated carbocycles. The molecular weight excluding hydrogens is 720 g/mol. The standard InChI is InChI=1S/C43H52N2O11/c1-12-13-30-43(7,56-30)31-17-27(47)32-19(2)14-25-34(40(32)55-31)39(51)35-33(38(25)50)23(28-16-26(44(8)9)36(48)20(3)52-28)15-24(37(35)49)29-18-42(6,45(10)11)41(21(4)53-29)54-22(5)46/h12-15,17,20-21,26,28-30,36,41,48-49H,16,18H2,1-11H3/b13-12-/t20-,21-,26-,28+,29-,30+,36-,41-,42+,43+/m1/s1. The van der Waals surface area contributed by atoms with Crippen LogP contribution in [0.5, 0.6) is 5.75 Å². The van der Waals surface area contributed by atoms with E-state index in [1.165, 1.54) is 19.1 Å². The molecule has 13 nitrogen and oxygen atoms in total. The summed E-state index contributed by atoms with van der Waals surface area (Å²) in [5.41, 5.74) is -1.48. The Morgan fingerprint density at radius 3 is 2.25 bits per heavy atom. The lowest BCUT2D eigenvalue weighted by atomic mass is 9.74. The number of hydrogen-bond acceptors (Lipinski definition) is 13. The molecule has 2 N–H and O–H groups in total. The number of rotatable bonds is 7. The molecule has 56 heavy (non-hydrogen) atoms. The van der Waals surface area contributed by atoms with Gasteiger partial charge in [-0.1, -0.05) is 12.2 Å². The van der Waals surface area contributed by atoms with Crippen molar-refractivity contribution in [2.45, 2.75) is 121 Å². The molecule has 7 rings (SSSR count). The Hall–Kier alpha value is -4.24. The van der Waals surface area contributed by atoms with Crippen molar-refractivity contribution in [3.05, 3.63) is 85.3 Å². The molecule has 0 spiro atoms. The topological polar surface area (TPSA) is 169 Å². The lowest BCUT2D eigenvalue weighted by Gasteiger charge is -2.50. The SMILES string of the molecule is C/C=C\[C@@H]1O[C@]1(C)c1cc(=O)c2c(C)cc3c(c2o1)C(=O)c1c(O)c([C@H]2C[C@](C)(N(C)C)[C@H](OC(C)=O)[C@@H](C)O2)cc([C@@H]2C[C@@H](N(C)C)[C@H](O)[C@@H](C)O2)c1C3=O. The highest BCUT2D eigenvalue weighted by Crippen LogP contribution is 2.51. The number of ketones is 2. The van der Waals surface area contributed by atoms with Crippen molar-refractivity contribution in [1.82, 2.24) is 9.80 Å². The zero-order valence-electron chi connectivity index (χ0n) is 33.9. The van der Waals surface area contributed by atoms with Crippen molar-refractivity contribution in [3.8, 4) is 5.75 Å². The van der Waals surface area contributed by atoms with Crippen LogP contribution in [-0.4, -0.2) is 108 Å². The van der Waals surface area contributed by atoms with E-state index in [1.54, 1.807) is 33.8 Å². The number of epoxide rings is 1. The molecule has 3 saturated heterocycles. The number of phenols is 1. The number of phenolic OH excluding ortho intramolecular Hbond substituents is 1. The molecule has 0 radical (unpaired) electrons. The van der Waals surface area contributed by atoms with Gasteiger partial charge in [-0.25, -0.2) is 0 Å². The van der Waals surface area contributed by atoms with Gasteiger partial charge in [-0.15, -0.1) is 0 Å². The number of aryl methyl sites for hydroxylation is 1. The molecule has 3 aromatic rings. The second kappa shape index (κ2) is 14.0. The van der Waals surface area contributed by atoms with Crippen LogP contribution in [0.2, 0.25) is 0 Å². The Labute approximate surface area is 326 Å². The zero-order valence-corrected chi connectivity index (χ0v) is 33.9. The average molecular weight is 773 g/mol. The van der Waals surface area contributed by atoms with Crippen LogP contribution in [0.1, 0.15) is 121 Å². The first kappa shape index (κ1) is 40.0. The number of benzene rings is 2. The third-order valence-corrected chi connectivity index (χ3v) is 12.6. The number of carbonyl (C=O) groups excluding carboxylic acids is 3. The molecule has 1 aliphatic carbocycles. The van der Waals surface area contributed by atoms with E-state index in [2.05, 4.69) is 0 Å². The van der Waals surface area contributed by atoms with E-state index in [9.17, 15) is 19.8 Å². The Morgan fingerprint density at radius 1 is 0.946 bits per heavy atom. The van der Waals surface area contributed by atoms with Gasteiger partial charge in [0, 0.05) is 35.7 Å². The molecule has 3 aliphatic heterocycles. The summed E-state index contributed by atoms with van der Waals surface area (Å²) in [5, 5.41) is 23.6. The van der Waals surface area contributed by atoms with Crippen molar-refractivity contribution in [3.63, 3.8) is 0 Å². The quantitative estimate of drug-likeness (QED) is 0.146. The van der Waals surface area contributed by atoms with Crippen LogP contribution in [0, 0.1) is 6.92 Å². The molecule has 10 atom stereocenters. The summed E-state index contributed by atoms with van der Waals surface area (Å²) in [6.07, 6.45) is -0.535. The van der Waals surface area contributed by atoms with Crippen LogP contribution in [0.4, 0.5) is 0 Å². The summed E-state index contributed by atoms with van der Waals surface area (Å²) >= 11 is 0. The molecule has 0 unspecified atom stereocenters. The summed E-state index contributed by atoms with van der Waals surface area (Å²) in [5.74, 6) is -1.93. The summed E-state index contributed by atoms with van der Waals surface area (Å²) in [4.78, 5) is 60.0. The minimum Gasteiger partial charge on any atom is -0.507 e. The molecule has 4 aliphatic rings. The van der Waals surface area contributed by atoms with Crippen molar-refractivity contribution in [1.29, 1.82) is 0 Å². The second-order valence-electron chi connectivity index (χ2n) is 16.7. The summed E-state index contributed by atoms with van der Waals surface area (Å²) in [6.45, 7) is 12.2. The number of esters is 1. The van der Waals surface area contributed by atoms with Crippen molar-refractivity contribution < 1.29 is 48.0 Å². The Balaban J connectivity index is 1.47. The second-order valence-corrected chi connectivity index (χ2v) is 16.7. The van der Waals surface area contributed by atoms with Gasteiger partial charge in [0.1, 0.15) is 29.3 Å². The van der Waals surface area contributed by atoms with Gasteiger partial charge in [-0.05, 0) is 106 Å². The molecule has 1 aromatic heterocycles. The lowest BCUT2D eigenvalue weighted by Crippen LogP contribution is -2.61. The minimum atomic E-state index is -0.959. The number of aromatic hydroxyl groups is 1. The van der Waals surface area contributed by atoms with Gasteiger partial charge in [-0.2, -0.15) is 0 Å². The fourth-order valence-electron chi connectivity index (χ4n) is 9.12. The highest BCUT2D eigenvalue weighted by molar-refractivity contribution is 6.33. The number of hydrogen-bond donors (Lipinski definition) is 2. The van der Waals surface area contributed by atoms with Gasteiger partial charge in [-0.3, -0.25) is 19.2 Å². The molecule has 0 amide bonds. The van der Waals surface area contributed by atoms with Crippen LogP contribution in [0.3, 0.4) is 0 Å². The van der Waals surface area contributed by atoms with E-state index >= 15 is 9.59 Å². The molecule has 0 bridgehead atoms. The van der Waals surface area contributed by atoms with Crippen LogP contribution in [0.25, 0.3) is 11.0 Å². The van der Waals surface area contributed by atoms with Gasteiger partial charge in [0.25, 0.3) is 0 Å². The fraction of sp³-hybridized carbons (Fsp3) is 0.535. The first-order valence-electron chi connectivity index (χ1n) is 19.2. The smallest absolute Gasteiger partial charge is 0.303 e. The molecule has 2 aromatic carbocycles. The maximum Gasteiger partial charge on any atom is 0.303 e. The molecule has 300 valence electrons. The normalized spacial score (nSPS) is 33.0. The van der Waals surface area contributed by atoms with Crippen LogP contribution in [0.15, 0.2) is 39.6 Å². The van der Waals surface area contributed by atoms with Gasteiger partial charge < -0.3 is 43.4 Å². The molecule has 4 heterocycles. The number of carbonyl (C=O) groups is 3. The number of aliphatic hydroxyl groups is 1. The largest absolute Gasteiger partial charge is 0.507 e. The van der Waals surface area contributed by atoms with Gasteiger partial charge in [0.2, 0.25) is 5.78 Å². The number of nitrogens with zero attached hydrogens (tertiary/aromatic N) is 2. The van der Waals surface area contributed by atoms with Crippen LogP contribution >= 0.6 is 0 Å². The van der Waals surface area contributed by atoms with E-state index in [-0.39, 0.29) is 69.5 Å². The van der Waals surface area contributed by atoms with E-state index in [1.807, 2.05) is 64.0 Å². The molecular formula is C43H52N2O11. The van der Waals surface area contributed by atoms with E-state index in [4.69, 9.17) is 23.4 Å². The first-order chi connectivity index (χ1) is 26.2. The van der Waals surface area contributed by atoms with Crippen molar-refractivity contribution in [2.75, 3.05) is 28.2 Å². The maximum atomic E-state index is 15.2. The minimum absolute atomic E-state index is 0.0187. The predicted molar refractivity (Wildman–Crippen MR) is 206 cm³/mol. The first-order valence-corrected chi connectivity index (χ1v) is 19.2. The number of allylic oxidation sites excluding steroid dienone is 1. The third kappa shape index (κ3) is 6.14. The average Bonchev–Trinajstić information content (AvgIpc) is 3.78. The summed E-state index contributed by atoms with van der Waals surface area (Å²) in [6, 6.07) is 4.22. The Kier molecular flexibility index (Phi) is 9.99.